The topological polar surface area (TPSA) is 24.9 Å². The molecule has 1 N–H and O–H groups in total. The van der Waals surface area contributed by atoms with E-state index < -0.39 is 0 Å². The molecular weight excluding hydrogens is 306 g/mol. The molecule has 4 heteroatoms. The Morgan fingerprint density at radius 1 is 1.47 bits per heavy atom. The number of aromatic nitrogens is 1. The largest absolute Gasteiger partial charge is 0.311 e. The molecule has 2 aliphatic rings. The minimum atomic E-state index is -0.351. The number of hydrogen-bond donors (Lipinski definition) is 1. The molecule has 2 aliphatic heterocycles. The number of halogens is 2. The van der Waals surface area contributed by atoms with E-state index >= 15 is 0 Å². The van der Waals surface area contributed by atoms with Crippen molar-refractivity contribution in [1.82, 2.24) is 10.3 Å². The zero-order valence-corrected chi connectivity index (χ0v) is 10.4. The lowest BCUT2D eigenvalue weighted by atomic mass is 9.85. The van der Waals surface area contributed by atoms with Crippen LogP contribution < -0.4 is 5.32 Å². The summed E-state index contributed by atoms with van der Waals surface area (Å²) < 4.78 is 13.7. The van der Waals surface area contributed by atoms with Gasteiger partial charge in [0.25, 0.3) is 0 Å². The van der Waals surface area contributed by atoms with Crippen LogP contribution in [-0.2, 0) is 0 Å². The number of rotatable bonds is 1. The van der Waals surface area contributed by atoms with Gasteiger partial charge in [-0.25, -0.2) is 4.98 Å². The van der Waals surface area contributed by atoms with E-state index in [0.29, 0.717) is 21.6 Å². The fourth-order valence-corrected chi connectivity index (χ4v) is 3.33. The Morgan fingerprint density at radius 2 is 2.33 bits per heavy atom. The maximum absolute atomic E-state index is 13.0. The number of pyridine rings is 1. The van der Waals surface area contributed by atoms with Gasteiger partial charge in [0.1, 0.15) is 0 Å². The van der Waals surface area contributed by atoms with E-state index in [0.717, 1.165) is 0 Å². The van der Waals surface area contributed by atoms with Gasteiger partial charge in [-0.15, -0.1) is 0 Å². The van der Waals surface area contributed by atoms with Crippen molar-refractivity contribution < 1.29 is 4.39 Å². The third-order valence-electron chi connectivity index (χ3n) is 3.55. The molecule has 2 fully saturated rings. The molecule has 0 radical (unpaired) electrons. The highest BCUT2D eigenvalue weighted by atomic mass is 127. The first-order chi connectivity index (χ1) is 7.24. The van der Waals surface area contributed by atoms with E-state index in [9.17, 15) is 4.39 Å². The Bertz CT molecular complexity index is 396. The summed E-state index contributed by atoms with van der Waals surface area (Å²) in [5, 5.41) is 3.59. The second-order valence-corrected chi connectivity index (χ2v) is 5.59. The smallest absolute Gasteiger partial charge is 0.226 e. The lowest BCUT2D eigenvalue weighted by molar-refractivity contribution is 0.501. The predicted octanol–water partition coefficient (Wildman–Crippen LogP) is 2.43. The predicted molar refractivity (Wildman–Crippen MR) is 64.2 cm³/mol. The lowest BCUT2D eigenvalue weighted by Crippen LogP contribution is -2.21. The Labute approximate surface area is 102 Å². The second-order valence-electron chi connectivity index (χ2n) is 4.43. The van der Waals surface area contributed by atoms with Crippen LogP contribution in [0.15, 0.2) is 12.3 Å². The van der Waals surface area contributed by atoms with E-state index in [4.69, 9.17) is 0 Å². The van der Waals surface area contributed by atoms with Crippen LogP contribution in [0.5, 0.6) is 0 Å². The SMILES string of the molecule is Fc1ncc([C@H]2C[C@@H]3CC[C@H]2N3)cc1I. The minimum absolute atomic E-state index is 0.351. The van der Waals surface area contributed by atoms with Crippen LogP contribution in [0, 0.1) is 9.52 Å². The summed E-state index contributed by atoms with van der Waals surface area (Å²) >= 11 is 2.01. The van der Waals surface area contributed by atoms with Gasteiger partial charge in [0, 0.05) is 24.2 Å². The second kappa shape index (κ2) is 3.66. The van der Waals surface area contributed by atoms with Gasteiger partial charge in [0.2, 0.25) is 5.95 Å². The van der Waals surface area contributed by atoms with Crippen LogP contribution in [0.1, 0.15) is 30.7 Å². The molecule has 1 aromatic heterocycles. The third kappa shape index (κ3) is 1.67. The van der Waals surface area contributed by atoms with Gasteiger partial charge in [-0.1, -0.05) is 0 Å². The first kappa shape index (κ1) is 9.96. The zero-order valence-electron chi connectivity index (χ0n) is 8.21. The Kier molecular flexibility index (Phi) is 2.43. The molecule has 1 aromatic rings. The highest BCUT2D eigenvalue weighted by Crippen LogP contribution is 2.39. The maximum atomic E-state index is 13.0. The Balaban J connectivity index is 1.90. The molecule has 0 saturated carbocycles. The summed E-state index contributed by atoms with van der Waals surface area (Å²) in [5.74, 6) is 0.195. The van der Waals surface area contributed by atoms with E-state index in [1.165, 1.54) is 24.8 Å². The Morgan fingerprint density at radius 3 is 2.93 bits per heavy atom. The molecular formula is C11H12FIN2. The quantitative estimate of drug-likeness (QED) is 0.635. The molecule has 0 amide bonds. The van der Waals surface area contributed by atoms with Crippen LogP contribution >= 0.6 is 22.6 Å². The molecule has 3 rings (SSSR count). The molecule has 0 spiro atoms. The summed E-state index contributed by atoms with van der Waals surface area (Å²) in [6.45, 7) is 0. The summed E-state index contributed by atoms with van der Waals surface area (Å²) in [7, 11) is 0. The fourth-order valence-electron chi connectivity index (χ4n) is 2.83. The molecule has 2 saturated heterocycles. The molecule has 2 bridgehead atoms. The van der Waals surface area contributed by atoms with Gasteiger partial charge < -0.3 is 5.32 Å². The number of fused-ring (bicyclic) bond motifs is 2. The van der Waals surface area contributed by atoms with Crippen LogP contribution in [0.3, 0.4) is 0 Å². The van der Waals surface area contributed by atoms with Crippen molar-refractivity contribution in [3.8, 4) is 0 Å². The molecule has 2 nitrogen and oxygen atoms in total. The van der Waals surface area contributed by atoms with Crippen LogP contribution in [0.4, 0.5) is 4.39 Å². The van der Waals surface area contributed by atoms with Gasteiger partial charge in [-0.3, -0.25) is 0 Å². The van der Waals surface area contributed by atoms with E-state index in [1.54, 1.807) is 6.20 Å². The molecule has 3 heterocycles. The molecule has 0 unspecified atom stereocenters. The lowest BCUT2D eigenvalue weighted by Gasteiger charge is -2.20. The van der Waals surface area contributed by atoms with Crippen LogP contribution in [0.25, 0.3) is 0 Å². The van der Waals surface area contributed by atoms with Crippen molar-refractivity contribution >= 4 is 22.6 Å². The van der Waals surface area contributed by atoms with E-state index in [2.05, 4.69) is 10.3 Å². The molecule has 3 atom stereocenters. The highest BCUT2D eigenvalue weighted by molar-refractivity contribution is 14.1. The maximum Gasteiger partial charge on any atom is 0.226 e. The van der Waals surface area contributed by atoms with Gasteiger partial charge in [0.15, 0.2) is 0 Å². The van der Waals surface area contributed by atoms with Crippen molar-refractivity contribution in [2.45, 2.75) is 37.3 Å². The molecule has 80 valence electrons. The van der Waals surface area contributed by atoms with Gasteiger partial charge >= 0.3 is 0 Å². The normalized spacial score (nSPS) is 33.6. The minimum Gasteiger partial charge on any atom is -0.311 e. The average Bonchev–Trinajstić information content (AvgIpc) is 2.83. The van der Waals surface area contributed by atoms with Crippen LogP contribution in [-0.4, -0.2) is 17.1 Å². The standard InChI is InChI=1S/C11H12FIN2/c12-11-9(13)3-6(5-14-11)8-4-7-1-2-10(8)15-7/h3,5,7-8,10,15H,1-2,4H2/t7-,8+,10+/m0/s1. The van der Waals surface area contributed by atoms with Crippen molar-refractivity contribution in [2.24, 2.45) is 0 Å². The molecule has 0 aliphatic carbocycles. The summed E-state index contributed by atoms with van der Waals surface area (Å²) in [6, 6.07) is 3.22. The first-order valence-corrected chi connectivity index (χ1v) is 6.39. The van der Waals surface area contributed by atoms with Gasteiger partial charge in [-0.2, -0.15) is 4.39 Å². The molecule has 15 heavy (non-hydrogen) atoms. The van der Waals surface area contributed by atoms with Crippen molar-refractivity contribution in [1.29, 1.82) is 0 Å². The van der Waals surface area contributed by atoms with Crippen molar-refractivity contribution in [3.63, 3.8) is 0 Å². The summed E-state index contributed by atoms with van der Waals surface area (Å²) in [6.07, 6.45) is 5.44. The van der Waals surface area contributed by atoms with Crippen molar-refractivity contribution in [2.75, 3.05) is 0 Å². The number of nitrogens with zero attached hydrogens (tertiary/aromatic N) is 1. The van der Waals surface area contributed by atoms with Crippen molar-refractivity contribution in [3.05, 3.63) is 27.3 Å². The third-order valence-corrected chi connectivity index (χ3v) is 4.30. The first-order valence-electron chi connectivity index (χ1n) is 5.31. The zero-order chi connectivity index (χ0) is 10.4. The molecule has 0 aromatic carbocycles. The monoisotopic (exact) mass is 318 g/mol. The average molecular weight is 318 g/mol. The highest BCUT2D eigenvalue weighted by Gasteiger charge is 2.39. The fraction of sp³-hybridized carbons (Fsp3) is 0.545. The summed E-state index contributed by atoms with van der Waals surface area (Å²) in [4.78, 5) is 3.80. The van der Waals surface area contributed by atoms with Crippen LogP contribution in [0.2, 0.25) is 0 Å². The summed E-state index contributed by atoms with van der Waals surface area (Å²) in [5.41, 5.74) is 1.19. The van der Waals surface area contributed by atoms with Gasteiger partial charge in [0.05, 0.1) is 3.57 Å². The Hall–Kier alpha value is -0.230. The van der Waals surface area contributed by atoms with Gasteiger partial charge in [-0.05, 0) is 53.5 Å². The number of nitrogens with one attached hydrogen (secondary N) is 1. The van der Waals surface area contributed by atoms with E-state index in [1.807, 2.05) is 28.7 Å². The number of hydrogen-bond acceptors (Lipinski definition) is 2. The van der Waals surface area contributed by atoms with E-state index in [-0.39, 0.29) is 5.95 Å².